The zero-order valence-corrected chi connectivity index (χ0v) is 37.5. The molecule has 1 fully saturated rings. The van der Waals surface area contributed by atoms with Gasteiger partial charge in [0.2, 0.25) is 41.4 Å². The summed E-state index contributed by atoms with van der Waals surface area (Å²) in [6.45, 7) is 10.8. The van der Waals surface area contributed by atoms with Crippen LogP contribution in [-0.4, -0.2) is 125 Å². The number of esters is 1. The second-order valence-corrected chi connectivity index (χ2v) is 16.8. The first-order valence-electron chi connectivity index (χ1n) is 21.8. The molecule has 0 bridgehead atoms. The number of carbonyl (C=O) groups is 8. The summed E-state index contributed by atoms with van der Waals surface area (Å²) in [6, 6.07) is -8.99. The Hall–Kier alpha value is -5.05. The summed E-state index contributed by atoms with van der Waals surface area (Å²) in [5.41, 5.74) is 16.0. The number of primary amides is 1. The zero-order valence-electron chi connectivity index (χ0n) is 37.5. The van der Waals surface area contributed by atoms with Crippen molar-refractivity contribution < 1.29 is 53.3 Å². The molecule has 0 aliphatic carbocycles. The SMILES string of the molecule is CC(C)[C@@H]1NC(=O)[C@@H](C(C)C)NC(=O)[C@H](NC(=O)C[C@H](O)CCCCCCCCCCCCN=C(N)N)[C@@H](C)OC(=O)[C@@H](C)NC(=O)[C@@H](CC(N)=O)NC(=O)[C@@H]([C@@H](C)O)NC1=O. The van der Waals surface area contributed by atoms with E-state index in [0.717, 1.165) is 57.8 Å². The van der Waals surface area contributed by atoms with Crippen molar-refractivity contribution in [3.63, 3.8) is 0 Å². The van der Waals surface area contributed by atoms with E-state index >= 15 is 0 Å². The third kappa shape index (κ3) is 21.2. The van der Waals surface area contributed by atoms with Crippen LogP contribution in [0.2, 0.25) is 0 Å². The maximum atomic E-state index is 13.9. The molecule has 1 saturated heterocycles. The molecule has 1 aliphatic rings. The monoisotopic (exact) mass is 883 g/mol. The minimum Gasteiger partial charge on any atom is -0.458 e. The third-order valence-corrected chi connectivity index (χ3v) is 10.3. The lowest BCUT2D eigenvalue weighted by Crippen LogP contribution is -2.63. The van der Waals surface area contributed by atoms with Crippen LogP contribution in [0, 0.1) is 11.8 Å². The molecule has 0 spiro atoms. The van der Waals surface area contributed by atoms with Crippen LogP contribution in [-0.2, 0) is 43.1 Å². The molecule has 0 radical (unpaired) electrons. The van der Waals surface area contributed by atoms with E-state index in [9.17, 15) is 48.6 Å². The van der Waals surface area contributed by atoms with Crippen molar-refractivity contribution in [2.45, 2.75) is 186 Å². The van der Waals surface area contributed by atoms with Crippen molar-refractivity contribution in [1.29, 1.82) is 0 Å². The van der Waals surface area contributed by atoms with Gasteiger partial charge in [0.15, 0.2) is 5.96 Å². The minimum absolute atomic E-state index is 0.112. The average molecular weight is 883 g/mol. The van der Waals surface area contributed by atoms with Crippen molar-refractivity contribution in [2.75, 3.05) is 6.54 Å². The van der Waals surface area contributed by atoms with Crippen molar-refractivity contribution >= 4 is 53.3 Å². The summed E-state index contributed by atoms with van der Waals surface area (Å²) in [5.74, 6) is -8.62. The van der Waals surface area contributed by atoms with Crippen molar-refractivity contribution in [2.24, 2.45) is 34.0 Å². The first-order chi connectivity index (χ1) is 29.0. The number of cyclic esters (lactones) is 1. The van der Waals surface area contributed by atoms with E-state index in [-0.39, 0.29) is 12.4 Å². The van der Waals surface area contributed by atoms with Crippen LogP contribution in [0.3, 0.4) is 0 Å². The first-order valence-corrected chi connectivity index (χ1v) is 21.8. The zero-order chi connectivity index (χ0) is 47.1. The average Bonchev–Trinajstić information content (AvgIpc) is 3.16. The number of guanidine groups is 1. The van der Waals surface area contributed by atoms with Gasteiger partial charge in [0, 0.05) is 6.54 Å². The van der Waals surface area contributed by atoms with Crippen molar-refractivity contribution in [1.82, 2.24) is 31.9 Å². The van der Waals surface area contributed by atoms with Crippen LogP contribution < -0.4 is 49.1 Å². The van der Waals surface area contributed by atoms with E-state index < -0.39 is 120 Å². The molecule has 62 heavy (non-hydrogen) atoms. The van der Waals surface area contributed by atoms with Gasteiger partial charge >= 0.3 is 5.97 Å². The molecule has 21 nitrogen and oxygen atoms in total. The highest BCUT2D eigenvalue weighted by molar-refractivity contribution is 5.98. The lowest BCUT2D eigenvalue weighted by molar-refractivity contribution is -0.155. The Morgan fingerprint density at radius 1 is 0.661 bits per heavy atom. The van der Waals surface area contributed by atoms with Gasteiger partial charge in [-0.1, -0.05) is 85.5 Å². The van der Waals surface area contributed by atoms with Crippen molar-refractivity contribution in [3.8, 4) is 0 Å². The molecule has 0 aromatic heterocycles. The summed E-state index contributed by atoms with van der Waals surface area (Å²) < 4.78 is 5.52. The normalized spacial score (nSPS) is 24.5. The Morgan fingerprint density at radius 2 is 1.13 bits per heavy atom. The van der Waals surface area contributed by atoms with E-state index in [1.807, 2.05) is 0 Å². The second kappa shape index (κ2) is 28.5. The molecule has 0 saturated carbocycles. The van der Waals surface area contributed by atoms with Crippen LogP contribution in [0.5, 0.6) is 0 Å². The van der Waals surface area contributed by atoms with Gasteiger partial charge in [-0.3, -0.25) is 38.6 Å². The summed E-state index contributed by atoms with van der Waals surface area (Å²) in [6.07, 6.45) is 5.31. The Morgan fingerprint density at radius 3 is 1.61 bits per heavy atom. The number of aliphatic hydroxyl groups is 2. The number of aliphatic hydroxyl groups excluding tert-OH is 2. The van der Waals surface area contributed by atoms with Gasteiger partial charge in [-0.05, 0) is 45.4 Å². The first kappa shape index (κ1) is 55.0. The smallest absolute Gasteiger partial charge is 0.328 e. The lowest BCUT2D eigenvalue weighted by atomic mass is 9.98. The fourth-order valence-electron chi connectivity index (χ4n) is 6.66. The predicted molar refractivity (Wildman–Crippen MR) is 230 cm³/mol. The van der Waals surface area contributed by atoms with Crippen LogP contribution in [0.25, 0.3) is 0 Å². The number of amides is 7. The highest BCUT2D eigenvalue weighted by Crippen LogP contribution is 2.15. The van der Waals surface area contributed by atoms with Crippen molar-refractivity contribution in [3.05, 3.63) is 0 Å². The van der Waals surface area contributed by atoms with Gasteiger partial charge in [0.25, 0.3) is 0 Å². The van der Waals surface area contributed by atoms with Gasteiger partial charge in [-0.25, -0.2) is 4.79 Å². The van der Waals surface area contributed by atoms with E-state index in [2.05, 4.69) is 36.9 Å². The van der Waals surface area contributed by atoms with Crippen LogP contribution in [0.1, 0.15) is 132 Å². The molecule has 0 aromatic carbocycles. The molecule has 0 aromatic rings. The topological polar surface area (TPSA) is 349 Å². The number of ether oxygens (including phenoxy) is 1. The van der Waals surface area contributed by atoms with Gasteiger partial charge < -0.3 is 64.1 Å². The standard InChI is InChI=1S/C41H74N10O11/c1-22(2)31-36(57)49-32(23(3)4)37(58)51-33(25(6)52)38(59)47-28(21-29(42)54)35(56)46-24(5)40(61)62-26(7)34(39(60)50-31)48-30(55)20-27(53)18-16-14-12-10-8-9-11-13-15-17-19-45-41(43)44/h22-28,31-34,52-53H,8-21H2,1-7H3,(H2,42,54)(H,46,56)(H,47,59)(H,48,55)(H,49,57)(H,50,60)(H,51,58)(H4,43,44,45)/t24-,25-,26-,27-,28-,31-,32+,33-,34-/m1/s1. The highest BCUT2D eigenvalue weighted by Gasteiger charge is 2.39. The van der Waals surface area contributed by atoms with E-state index in [1.54, 1.807) is 27.7 Å². The Kier molecular flexibility index (Phi) is 25.3. The maximum Gasteiger partial charge on any atom is 0.328 e. The van der Waals surface area contributed by atoms with Gasteiger partial charge in [0.1, 0.15) is 42.4 Å². The van der Waals surface area contributed by atoms with Gasteiger partial charge in [0.05, 0.1) is 25.0 Å². The molecule has 0 unspecified atom stereocenters. The largest absolute Gasteiger partial charge is 0.458 e. The highest BCUT2D eigenvalue weighted by atomic mass is 16.5. The molecule has 1 rings (SSSR count). The fourth-order valence-corrected chi connectivity index (χ4v) is 6.66. The number of unbranched alkanes of at least 4 members (excludes halogenated alkanes) is 9. The number of carbonyl (C=O) groups excluding carboxylic acids is 8. The summed E-state index contributed by atoms with van der Waals surface area (Å²) in [5, 5.41) is 35.8. The molecule has 21 heteroatoms. The third-order valence-electron chi connectivity index (χ3n) is 10.3. The molecule has 1 aliphatic heterocycles. The summed E-state index contributed by atoms with van der Waals surface area (Å²) in [4.78, 5) is 110. The molecule has 7 amide bonds. The van der Waals surface area contributed by atoms with Gasteiger partial charge in [-0.15, -0.1) is 0 Å². The fraction of sp³-hybridized carbons (Fsp3) is 0.780. The van der Waals surface area contributed by atoms with Crippen LogP contribution >= 0.6 is 0 Å². The predicted octanol–water partition coefficient (Wildman–Crippen LogP) is -1.26. The number of nitrogens with one attached hydrogen (secondary N) is 6. The quantitative estimate of drug-likeness (QED) is 0.0278. The van der Waals surface area contributed by atoms with Crippen LogP contribution in [0.4, 0.5) is 0 Å². The number of nitrogens with zero attached hydrogens (tertiary/aromatic N) is 1. The molecule has 354 valence electrons. The lowest BCUT2D eigenvalue weighted by Gasteiger charge is -2.31. The number of rotatable bonds is 21. The van der Waals surface area contributed by atoms with Gasteiger partial charge in [-0.2, -0.15) is 0 Å². The van der Waals surface area contributed by atoms with Crippen LogP contribution in [0.15, 0.2) is 4.99 Å². The second-order valence-electron chi connectivity index (χ2n) is 16.8. The molecule has 14 N–H and O–H groups in total. The number of nitrogens with two attached hydrogens (primary N) is 3. The molecule has 9 atom stereocenters. The molecular weight excluding hydrogens is 809 g/mol. The van der Waals surface area contributed by atoms with E-state index in [1.165, 1.54) is 20.8 Å². The Bertz CT molecular complexity index is 1520. The number of aliphatic imine (C=N–C) groups is 1. The number of hydrogen-bond donors (Lipinski definition) is 11. The van der Waals surface area contributed by atoms with E-state index in [4.69, 9.17) is 21.9 Å². The molecule has 1 heterocycles. The summed E-state index contributed by atoms with van der Waals surface area (Å²) in [7, 11) is 0. The Labute approximate surface area is 365 Å². The minimum atomic E-state index is -1.68. The molecular formula is C41H74N10O11. The van der Waals surface area contributed by atoms with E-state index in [0.29, 0.717) is 19.4 Å². The Balaban J connectivity index is 3.18. The number of hydrogen-bond acceptors (Lipinski definition) is 12. The summed E-state index contributed by atoms with van der Waals surface area (Å²) >= 11 is 0. The maximum absolute atomic E-state index is 13.9.